The average molecular weight is 422 g/mol. The van der Waals surface area contributed by atoms with Crippen molar-refractivity contribution < 1.29 is 13.2 Å². The zero-order valence-electron chi connectivity index (χ0n) is 16.8. The Bertz CT molecular complexity index is 1270. The van der Waals surface area contributed by atoms with E-state index in [9.17, 15) is 13.7 Å². The molecule has 0 bridgehead atoms. The minimum Gasteiger partial charge on any atom is -0.497 e. The highest BCUT2D eigenvalue weighted by Gasteiger charge is 2.30. The molecule has 5 rings (SSSR count). The van der Waals surface area contributed by atoms with E-state index >= 15 is 0 Å². The third kappa shape index (κ3) is 2.86. The van der Waals surface area contributed by atoms with Gasteiger partial charge in [-0.05, 0) is 55.5 Å². The van der Waals surface area contributed by atoms with Crippen LogP contribution in [-0.2, 0) is 10.0 Å². The van der Waals surface area contributed by atoms with Gasteiger partial charge in [-0.15, -0.1) is 0 Å². The van der Waals surface area contributed by atoms with Gasteiger partial charge in [0.15, 0.2) is 0 Å². The van der Waals surface area contributed by atoms with Crippen molar-refractivity contribution >= 4 is 26.6 Å². The third-order valence-electron chi connectivity index (χ3n) is 6.29. The van der Waals surface area contributed by atoms with Crippen LogP contribution in [0.15, 0.2) is 42.5 Å². The molecule has 0 radical (unpaired) electrons. The number of ether oxygens (including phenoxy) is 1. The number of nitriles is 1. The molecule has 2 aliphatic rings. The molecule has 7 heteroatoms. The Kier molecular flexibility index (Phi) is 4.48. The average Bonchev–Trinajstić information content (AvgIpc) is 3.23. The van der Waals surface area contributed by atoms with E-state index in [-0.39, 0.29) is 5.75 Å². The van der Waals surface area contributed by atoms with Crippen LogP contribution in [0.5, 0.6) is 5.75 Å². The monoisotopic (exact) mass is 421 g/mol. The number of hydrogen-bond donors (Lipinski definition) is 0. The predicted molar refractivity (Wildman–Crippen MR) is 117 cm³/mol. The molecule has 1 saturated heterocycles. The summed E-state index contributed by atoms with van der Waals surface area (Å²) in [6, 6.07) is 16.2. The molecule has 2 aromatic carbocycles. The van der Waals surface area contributed by atoms with E-state index in [1.807, 2.05) is 42.5 Å². The van der Waals surface area contributed by atoms with Crippen molar-refractivity contribution in [3.05, 3.63) is 48.0 Å². The standard InChI is InChI=1S/C23H23N3O3S/c1-29-19-10-11-20-21(15-24)23(26(22(20)14-19)18-4-2-5-18)16-6-8-17(9-7-16)25-12-3-13-30(25,27)28/h6-11,14,18H,2-5,12-13H2,1H3. The van der Waals surface area contributed by atoms with Crippen molar-refractivity contribution in [2.75, 3.05) is 23.7 Å². The van der Waals surface area contributed by atoms with Gasteiger partial charge in [0.05, 0.1) is 35.3 Å². The van der Waals surface area contributed by atoms with Crippen molar-refractivity contribution in [2.24, 2.45) is 0 Å². The zero-order chi connectivity index (χ0) is 20.9. The fourth-order valence-corrected chi connectivity index (χ4v) is 6.12. The summed E-state index contributed by atoms with van der Waals surface area (Å²) in [6.07, 6.45) is 4.01. The van der Waals surface area contributed by atoms with Crippen LogP contribution in [-0.4, -0.2) is 32.4 Å². The van der Waals surface area contributed by atoms with Crippen molar-refractivity contribution in [2.45, 2.75) is 31.7 Å². The topological polar surface area (TPSA) is 75.3 Å². The quantitative estimate of drug-likeness (QED) is 0.624. The highest BCUT2D eigenvalue weighted by Crippen LogP contribution is 2.43. The van der Waals surface area contributed by atoms with Gasteiger partial charge in [0.2, 0.25) is 10.0 Å². The van der Waals surface area contributed by atoms with Crippen LogP contribution in [0.4, 0.5) is 5.69 Å². The number of methoxy groups -OCH3 is 1. The highest BCUT2D eigenvalue weighted by atomic mass is 32.2. The van der Waals surface area contributed by atoms with E-state index in [2.05, 4.69) is 10.6 Å². The predicted octanol–water partition coefficient (Wildman–Crippen LogP) is 4.45. The lowest BCUT2D eigenvalue weighted by atomic mass is 9.92. The molecule has 0 N–H and O–H groups in total. The molecule has 0 amide bonds. The fraction of sp³-hybridized carbons (Fsp3) is 0.348. The second-order valence-electron chi connectivity index (χ2n) is 7.96. The molecule has 6 nitrogen and oxygen atoms in total. The summed E-state index contributed by atoms with van der Waals surface area (Å²) in [6.45, 7) is 0.521. The molecule has 154 valence electrons. The van der Waals surface area contributed by atoms with E-state index < -0.39 is 10.0 Å². The molecule has 3 aromatic rings. The van der Waals surface area contributed by atoms with E-state index in [4.69, 9.17) is 4.74 Å². The molecular weight excluding hydrogens is 398 g/mol. The maximum Gasteiger partial charge on any atom is 0.235 e. The normalized spacial score (nSPS) is 18.3. The second kappa shape index (κ2) is 7.06. The SMILES string of the molecule is COc1ccc2c(C#N)c(-c3ccc(N4CCCS4(=O)=O)cc3)n(C3CCC3)c2c1. The van der Waals surface area contributed by atoms with Crippen LogP contribution in [0.1, 0.15) is 37.3 Å². The second-order valence-corrected chi connectivity index (χ2v) is 9.97. The Hall–Kier alpha value is -2.98. The summed E-state index contributed by atoms with van der Waals surface area (Å²) in [5.41, 5.74) is 4.18. The first-order chi connectivity index (χ1) is 14.5. The lowest BCUT2D eigenvalue weighted by Crippen LogP contribution is -2.24. The first-order valence-corrected chi connectivity index (χ1v) is 11.9. The maximum absolute atomic E-state index is 12.3. The molecule has 2 fully saturated rings. The van der Waals surface area contributed by atoms with Gasteiger partial charge in [-0.25, -0.2) is 8.42 Å². The molecule has 0 atom stereocenters. The summed E-state index contributed by atoms with van der Waals surface area (Å²) >= 11 is 0. The van der Waals surface area contributed by atoms with Crippen LogP contribution < -0.4 is 9.04 Å². The first kappa shape index (κ1) is 19.0. The molecule has 1 aliphatic heterocycles. The van der Waals surface area contributed by atoms with Crippen LogP contribution in [0.25, 0.3) is 22.2 Å². The van der Waals surface area contributed by atoms with Crippen LogP contribution in [0.3, 0.4) is 0 Å². The largest absolute Gasteiger partial charge is 0.497 e. The van der Waals surface area contributed by atoms with Crippen molar-refractivity contribution in [1.82, 2.24) is 4.57 Å². The summed E-state index contributed by atoms with van der Waals surface area (Å²) in [5.74, 6) is 0.969. The van der Waals surface area contributed by atoms with Crippen molar-refractivity contribution in [1.29, 1.82) is 5.26 Å². The van der Waals surface area contributed by atoms with E-state index in [1.165, 1.54) is 10.7 Å². The third-order valence-corrected chi connectivity index (χ3v) is 8.16. The number of fused-ring (bicyclic) bond motifs is 1. The van der Waals surface area contributed by atoms with Gasteiger partial charge in [-0.3, -0.25) is 4.31 Å². The fourth-order valence-electron chi connectivity index (χ4n) is 4.55. The van der Waals surface area contributed by atoms with Gasteiger partial charge in [0.25, 0.3) is 0 Å². The first-order valence-electron chi connectivity index (χ1n) is 10.3. The highest BCUT2D eigenvalue weighted by molar-refractivity contribution is 7.93. The van der Waals surface area contributed by atoms with Gasteiger partial charge in [0, 0.05) is 24.0 Å². The molecule has 0 spiro atoms. The molecule has 1 aromatic heterocycles. The van der Waals surface area contributed by atoms with Gasteiger partial charge >= 0.3 is 0 Å². The molecule has 2 heterocycles. The van der Waals surface area contributed by atoms with E-state index in [0.717, 1.165) is 40.8 Å². The molecule has 1 aliphatic carbocycles. The summed E-state index contributed by atoms with van der Waals surface area (Å²) < 4.78 is 33.7. The van der Waals surface area contributed by atoms with Gasteiger partial charge in [-0.1, -0.05) is 12.1 Å². The van der Waals surface area contributed by atoms with Crippen molar-refractivity contribution in [3.8, 4) is 23.1 Å². The Labute approximate surface area is 176 Å². The van der Waals surface area contributed by atoms with Gasteiger partial charge < -0.3 is 9.30 Å². The Balaban J connectivity index is 1.67. The lowest BCUT2D eigenvalue weighted by molar-refractivity contribution is 0.324. The van der Waals surface area contributed by atoms with Gasteiger partial charge in [-0.2, -0.15) is 5.26 Å². The number of aromatic nitrogens is 1. The van der Waals surface area contributed by atoms with E-state index in [1.54, 1.807) is 7.11 Å². The van der Waals surface area contributed by atoms with E-state index in [0.29, 0.717) is 30.3 Å². The molecular formula is C23H23N3O3S. The summed E-state index contributed by atoms with van der Waals surface area (Å²) in [5, 5.41) is 10.9. The van der Waals surface area contributed by atoms with Crippen LogP contribution >= 0.6 is 0 Å². The number of rotatable bonds is 4. The number of anilines is 1. The van der Waals surface area contributed by atoms with Gasteiger partial charge in [0.1, 0.15) is 11.8 Å². The molecule has 30 heavy (non-hydrogen) atoms. The lowest BCUT2D eigenvalue weighted by Gasteiger charge is -2.30. The zero-order valence-corrected chi connectivity index (χ0v) is 17.7. The van der Waals surface area contributed by atoms with Crippen molar-refractivity contribution in [3.63, 3.8) is 0 Å². The van der Waals surface area contributed by atoms with Crippen LogP contribution in [0.2, 0.25) is 0 Å². The van der Waals surface area contributed by atoms with Crippen LogP contribution in [0, 0.1) is 11.3 Å². The Morgan fingerprint density at radius 3 is 2.43 bits per heavy atom. The Morgan fingerprint density at radius 1 is 1.10 bits per heavy atom. The molecule has 0 unspecified atom stereocenters. The number of hydrogen-bond acceptors (Lipinski definition) is 4. The summed E-state index contributed by atoms with van der Waals surface area (Å²) in [7, 11) is -1.57. The Morgan fingerprint density at radius 2 is 1.87 bits per heavy atom. The summed E-state index contributed by atoms with van der Waals surface area (Å²) in [4.78, 5) is 0. The smallest absolute Gasteiger partial charge is 0.235 e. The minimum atomic E-state index is -3.21. The number of nitrogens with zero attached hydrogens (tertiary/aromatic N) is 3. The number of benzene rings is 2. The number of sulfonamides is 1. The maximum atomic E-state index is 12.3. The molecule has 1 saturated carbocycles. The minimum absolute atomic E-state index is 0.199.